The van der Waals surface area contributed by atoms with E-state index in [1.165, 1.54) is 29.2 Å². The minimum atomic E-state index is -0.759. The summed E-state index contributed by atoms with van der Waals surface area (Å²) >= 11 is 0. The zero-order valence-electron chi connectivity index (χ0n) is 16.3. The molecule has 1 atom stereocenters. The van der Waals surface area contributed by atoms with Crippen LogP contribution >= 0.6 is 0 Å². The van der Waals surface area contributed by atoms with Gasteiger partial charge >= 0.3 is 0 Å². The van der Waals surface area contributed by atoms with Crippen LogP contribution in [0.25, 0.3) is 5.76 Å². The van der Waals surface area contributed by atoms with E-state index in [0.717, 1.165) is 13.1 Å². The molecule has 8 heteroatoms. The molecule has 0 spiro atoms. The highest BCUT2D eigenvalue weighted by molar-refractivity contribution is 6.46. The fourth-order valence-electron chi connectivity index (χ4n) is 3.83. The number of halogens is 1. The molecule has 0 bridgehead atoms. The number of nitrogens with zero attached hydrogens (tertiary/aromatic N) is 3. The van der Waals surface area contributed by atoms with E-state index in [0.29, 0.717) is 31.9 Å². The summed E-state index contributed by atoms with van der Waals surface area (Å²) in [6, 6.07) is 7.88. The molecule has 2 saturated heterocycles. The van der Waals surface area contributed by atoms with Crippen LogP contribution in [0.3, 0.4) is 0 Å². The van der Waals surface area contributed by atoms with Crippen molar-refractivity contribution >= 4 is 17.4 Å². The first-order valence-electron chi connectivity index (χ1n) is 9.80. The lowest BCUT2D eigenvalue weighted by Gasteiger charge is -2.30. The number of aromatic nitrogens is 1. The van der Waals surface area contributed by atoms with E-state index < -0.39 is 23.5 Å². The molecule has 0 aliphatic carbocycles. The first-order chi connectivity index (χ1) is 14.6. The SMILES string of the molecule is O=C1C(=O)N(CCN2CCOCC2)[C@@H](c2cccnc2)C1=C(O)c1ccc(F)cc1. The Labute approximate surface area is 173 Å². The monoisotopic (exact) mass is 411 g/mol. The van der Waals surface area contributed by atoms with Gasteiger partial charge < -0.3 is 14.7 Å². The highest BCUT2D eigenvalue weighted by Crippen LogP contribution is 2.38. The van der Waals surface area contributed by atoms with Gasteiger partial charge in [0.2, 0.25) is 0 Å². The molecule has 3 heterocycles. The van der Waals surface area contributed by atoms with Gasteiger partial charge in [0, 0.05) is 44.1 Å². The maximum absolute atomic E-state index is 13.3. The van der Waals surface area contributed by atoms with Crippen LogP contribution in [-0.2, 0) is 14.3 Å². The number of Topliss-reactive ketones (excluding diaryl/α,β-unsaturated/α-hetero) is 1. The Kier molecular flexibility index (Phi) is 5.87. The molecule has 2 fully saturated rings. The Morgan fingerprint density at radius 3 is 2.53 bits per heavy atom. The summed E-state index contributed by atoms with van der Waals surface area (Å²) in [4.78, 5) is 33.5. The number of ketones is 1. The number of ether oxygens (including phenoxy) is 1. The number of likely N-dealkylation sites (tertiary alicyclic amines) is 1. The molecule has 0 saturated carbocycles. The van der Waals surface area contributed by atoms with Crippen LogP contribution in [0, 0.1) is 5.82 Å². The van der Waals surface area contributed by atoms with Crippen LogP contribution in [0.4, 0.5) is 4.39 Å². The van der Waals surface area contributed by atoms with Crippen molar-refractivity contribution in [2.75, 3.05) is 39.4 Å². The number of pyridine rings is 1. The zero-order valence-corrected chi connectivity index (χ0v) is 16.3. The summed E-state index contributed by atoms with van der Waals surface area (Å²) in [5.74, 6) is -2.20. The normalized spacial score (nSPS) is 21.9. The molecule has 4 rings (SSSR count). The summed E-state index contributed by atoms with van der Waals surface area (Å²) in [5, 5.41) is 10.9. The first kappa shape index (κ1) is 20.2. The molecule has 156 valence electrons. The number of hydrogen-bond acceptors (Lipinski definition) is 6. The number of carbonyl (C=O) groups excluding carboxylic acids is 2. The Morgan fingerprint density at radius 2 is 1.87 bits per heavy atom. The molecule has 2 aliphatic heterocycles. The predicted molar refractivity (Wildman–Crippen MR) is 107 cm³/mol. The second-order valence-corrected chi connectivity index (χ2v) is 7.24. The second kappa shape index (κ2) is 8.73. The van der Waals surface area contributed by atoms with Gasteiger partial charge in [-0.3, -0.25) is 19.5 Å². The number of hydrogen-bond donors (Lipinski definition) is 1. The van der Waals surface area contributed by atoms with E-state index in [1.54, 1.807) is 24.5 Å². The average molecular weight is 411 g/mol. The van der Waals surface area contributed by atoms with Crippen LogP contribution in [0.1, 0.15) is 17.2 Å². The van der Waals surface area contributed by atoms with E-state index in [2.05, 4.69) is 9.88 Å². The van der Waals surface area contributed by atoms with Gasteiger partial charge in [-0.2, -0.15) is 0 Å². The Bertz CT molecular complexity index is 956. The van der Waals surface area contributed by atoms with Crippen LogP contribution < -0.4 is 0 Å². The Balaban J connectivity index is 1.71. The number of aliphatic hydroxyl groups excluding tert-OH is 1. The van der Waals surface area contributed by atoms with Crippen molar-refractivity contribution in [3.8, 4) is 0 Å². The van der Waals surface area contributed by atoms with Crippen LogP contribution in [0.2, 0.25) is 0 Å². The van der Waals surface area contributed by atoms with Gasteiger partial charge in [0.05, 0.1) is 24.8 Å². The molecule has 1 N–H and O–H groups in total. The molecule has 0 radical (unpaired) electrons. The van der Waals surface area contributed by atoms with Crippen molar-refractivity contribution in [1.29, 1.82) is 0 Å². The van der Waals surface area contributed by atoms with Crippen molar-refractivity contribution in [2.45, 2.75) is 6.04 Å². The lowest BCUT2D eigenvalue weighted by molar-refractivity contribution is -0.140. The third kappa shape index (κ3) is 3.96. The maximum Gasteiger partial charge on any atom is 0.295 e. The third-order valence-corrected chi connectivity index (χ3v) is 5.42. The quantitative estimate of drug-likeness (QED) is 0.460. The minimum absolute atomic E-state index is 0.0124. The molecular formula is C22H22FN3O4. The van der Waals surface area contributed by atoms with Crippen LogP contribution in [0.5, 0.6) is 0 Å². The molecular weight excluding hydrogens is 389 g/mol. The highest BCUT2D eigenvalue weighted by Gasteiger charge is 2.46. The van der Waals surface area contributed by atoms with Crippen LogP contribution in [-0.4, -0.2) is 71.0 Å². The van der Waals surface area contributed by atoms with E-state index in [-0.39, 0.29) is 16.9 Å². The molecule has 1 aromatic heterocycles. The third-order valence-electron chi connectivity index (χ3n) is 5.42. The van der Waals surface area contributed by atoms with Gasteiger partial charge in [0.25, 0.3) is 11.7 Å². The van der Waals surface area contributed by atoms with E-state index in [4.69, 9.17) is 4.74 Å². The van der Waals surface area contributed by atoms with Crippen molar-refractivity contribution in [2.24, 2.45) is 0 Å². The van der Waals surface area contributed by atoms with E-state index >= 15 is 0 Å². The van der Waals surface area contributed by atoms with Crippen LogP contribution in [0.15, 0.2) is 54.4 Å². The number of aliphatic hydroxyl groups is 1. The first-order valence-corrected chi connectivity index (χ1v) is 9.80. The topological polar surface area (TPSA) is 83.0 Å². The molecule has 7 nitrogen and oxygen atoms in total. The van der Waals surface area contributed by atoms with Gasteiger partial charge in [-0.15, -0.1) is 0 Å². The lowest BCUT2D eigenvalue weighted by Crippen LogP contribution is -2.42. The van der Waals surface area contributed by atoms with Gasteiger partial charge in [-0.25, -0.2) is 4.39 Å². The van der Waals surface area contributed by atoms with Crippen molar-refractivity contribution in [3.63, 3.8) is 0 Å². The second-order valence-electron chi connectivity index (χ2n) is 7.24. The van der Waals surface area contributed by atoms with E-state index in [9.17, 15) is 19.1 Å². The van der Waals surface area contributed by atoms with Crippen molar-refractivity contribution in [3.05, 3.63) is 71.3 Å². The number of benzene rings is 1. The molecule has 2 aliphatic rings. The Hall–Kier alpha value is -3.10. The molecule has 2 aromatic rings. The fourth-order valence-corrected chi connectivity index (χ4v) is 3.83. The highest BCUT2D eigenvalue weighted by atomic mass is 19.1. The smallest absolute Gasteiger partial charge is 0.295 e. The van der Waals surface area contributed by atoms with Crippen molar-refractivity contribution < 1.29 is 23.8 Å². The summed E-state index contributed by atoms with van der Waals surface area (Å²) in [6.45, 7) is 3.70. The molecule has 0 unspecified atom stereocenters. The summed E-state index contributed by atoms with van der Waals surface area (Å²) in [6.07, 6.45) is 3.18. The number of rotatable bonds is 5. The summed E-state index contributed by atoms with van der Waals surface area (Å²) in [5.41, 5.74) is 0.889. The minimum Gasteiger partial charge on any atom is -0.507 e. The van der Waals surface area contributed by atoms with Gasteiger partial charge in [-0.05, 0) is 35.9 Å². The molecule has 1 amide bonds. The predicted octanol–water partition coefficient (Wildman–Crippen LogP) is 1.97. The number of amides is 1. The van der Waals surface area contributed by atoms with Gasteiger partial charge in [-0.1, -0.05) is 6.07 Å². The zero-order chi connectivity index (χ0) is 21.1. The average Bonchev–Trinajstić information content (AvgIpc) is 3.04. The van der Waals surface area contributed by atoms with E-state index in [1.807, 2.05) is 0 Å². The van der Waals surface area contributed by atoms with Gasteiger partial charge in [0.15, 0.2) is 0 Å². The van der Waals surface area contributed by atoms with Crippen molar-refractivity contribution in [1.82, 2.24) is 14.8 Å². The summed E-state index contributed by atoms with van der Waals surface area (Å²) in [7, 11) is 0. The Morgan fingerprint density at radius 1 is 1.13 bits per heavy atom. The lowest BCUT2D eigenvalue weighted by atomic mass is 9.96. The standard InChI is InChI=1S/C22H22FN3O4/c23-17-5-3-15(4-6-17)20(27)18-19(16-2-1-7-24-14-16)26(22(29)21(18)28)9-8-25-10-12-30-13-11-25/h1-7,14,19,27H,8-13H2/t19-/m0/s1. The molecule has 1 aromatic carbocycles. The fraction of sp³-hybridized carbons (Fsp3) is 0.318. The number of carbonyl (C=O) groups is 2. The largest absolute Gasteiger partial charge is 0.507 e. The van der Waals surface area contributed by atoms with Gasteiger partial charge in [0.1, 0.15) is 11.6 Å². The number of morpholine rings is 1. The summed E-state index contributed by atoms with van der Waals surface area (Å²) < 4.78 is 18.7. The maximum atomic E-state index is 13.3. The molecule has 30 heavy (non-hydrogen) atoms.